The van der Waals surface area contributed by atoms with Crippen LogP contribution in [0.25, 0.3) is 0 Å². The number of hydrogen-bond acceptors (Lipinski definition) is 4. The van der Waals surface area contributed by atoms with Gasteiger partial charge in [0.1, 0.15) is 0 Å². The summed E-state index contributed by atoms with van der Waals surface area (Å²) in [5.41, 5.74) is 1.01. The molecule has 23 heavy (non-hydrogen) atoms. The number of para-hydroxylation sites is 1. The second-order valence-corrected chi connectivity index (χ2v) is 6.33. The lowest BCUT2D eigenvalue weighted by Crippen LogP contribution is -2.45. The lowest BCUT2D eigenvalue weighted by atomic mass is 9.78. The van der Waals surface area contributed by atoms with Gasteiger partial charge in [-0.15, -0.1) is 0 Å². The van der Waals surface area contributed by atoms with E-state index >= 15 is 0 Å². The molecule has 1 aliphatic carbocycles. The van der Waals surface area contributed by atoms with Crippen molar-refractivity contribution in [3.63, 3.8) is 0 Å². The van der Waals surface area contributed by atoms with Crippen molar-refractivity contribution < 1.29 is 14.3 Å². The van der Waals surface area contributed by atoms with Gasteiger partial charge in [-0.2, -0.15) is 5.26 Å². The van der Waals surface area contributed by atoms with E-state index in [1.54, 1.807) is 4.90 Å². The van der Waals surface area contributed by atoms with Gasteiger partial charge in [0.15, 0.2) is 0 Å². The molecular formula is C18H18N2O3. The summed E-state index contributed by atoms with van der Waals surface area (Å²) in [6.45, 7) is 1.18. The molecular weight excluding hydrogens is 292 g/mol. The third kappa shape index (κ3) is 2.03. The quantitative estimate of drug-likeness (QED) is 0.787. The normalized spacial score (nSPS) is 28.1. The molecule has 0 saturated carbocycles. The first kappa shape index (κ1) is 14.4. The van der Waals surface area contributed by atoms with Crippen LogP contribution in [0.5, 0.6) is 0 Å². The summed E-state index contributed by atoms with van der Waals surface area (Å²) in [4.78, 5) is 14.8. The number of anilines is 1. The van der Waals surface area contributed by atoms with Crippen LogP contribution in [0.4, 0.5) is 5.69 Å². The van der Waals surface area contributed by atoms with E-state index in [-0.39, 0.29) is 5.91 Å². The minimum atomic E-state index is -1.31. The van der Waals surface area contributed by atoms with Crippen molar-refractivity contribution >= 4 is 11.6 Å². The molecule has 1 atom stereocenters. The van der Waals surface area contributed by atoms with Gasteiger partial charge in [-0.25, -0.2) is 0 Å². The highest BCUT2D eigenvalue weighted by molar-refractivity contribution is 6.06. The Labute approximate surface area is 135 Å². The van der Waals surface area contributed by atoms with E-state index in [0.717, 1.165) is 24.1 Å². The summed E-state index contributed by atoms with van der Waals surface area (Å²) in [7, 11) is 0. The zero-order chi connectivity index (χ0) is 15.9. The summed E-state index contributed by atoms with van der Waals surface area (Å²) in [6.07, 6.45) is 6.44. The summed E-state index contributed by atoms with van der Waals surface area (Å²) in [6, 6.07) is 10.00. The van der Waals surface area contributed by atoms with Gasteiger partial charge in [0.05, 0.1) is 30.4 Å². The predicted molar refractivity (Wildman–Crippen MR) is 83.4 cm³/mol. The van der Waals surface area contributed by atoms with Crippen LogP contribution in [0.1, 0.15) is 24.8 Å². The van der Waals surface area contributed by atoms with E-state index in [4.69, 9.17) is 9.47 Å². The van der Waals surface area contributed by atoms with Gasteiger partial charge < -0.3 is 14.4 Å². The van der Waals surface area contributed by atoms with Crippen LogP contribution in [0.15, 0.2) is 36.4 Å². The predicted octanol–water partition coefficient (Wildman–Crippen LogP) is 2.48. The van der Waals surface area contributed by atoms with Crippen LogP contribution in [0, 0.1) is 16.7 Å². The maximum absolute atomic E-state index is 13.1. The van der Waals surface area contributed by atoms with Crippen molar-refractivity contribution in [3.05, 3.63) is 42.0 Å². The van der Waals surface area contributed by atoms with Gasteiger partial charge in [-0.05, 0) is 25.3 Å². The van der Waals surface area contributed by atoms with Gasteiger partial charge in [0.25, 0.3) is 11.7 Å². The molecule has 1 aromatic carbocycles. The number of hydrogen-bond donors (Lipinski definition) is 0. The first-order valence-electron chi connectivity index (χ1n) is 7.96. The monoisotopic (exact) mass is 310 g/mol. The zero-order valence-electron chi connectivity index (χ0n) is 12.8. The highest BCUT2D eigenvalue weighted by Crippen LogP contribution is 2.47. The molecule has 2 heterocycles. The lowest BCUT2D eigenvalue weighted by Gasteiger charge is -2.32. The molecule has 0 bridgehead atoms. The number of carbonyl (C=O) groups is 1. The van der Waals surface area contributed by atoms with E-state index < -0.39 is 11.2 Å². The van der Waals surface area contributed by atoms with Crippen molar-refractivity contribution in [2.45, 2.75) is 25.0 Å². The Morgan fingerprint density at radius 3 is 2.70 bits per heavy atom. The number of nitrogens with zero attached hydrogens (tertiary/aromatic N) is 2. The molecule has 1 aromatic rings. The largest absolute Gasteiger partial charge is 0.336 e. The average molecular weight is 310 g/mol. The Balaban J connectivity index is 1.74. The molecule has 1 amide bonds. The Hall–Kier alpha value is -2.16. The Kier molecular flexibility index (Phi) is 3.26. The van der Waals surface area contributed by atoms with Crippen molar-refractivity contribution in [1.82, 2.24) is 0 Å². The van der Waals surface area contributed by atoms with Crippen LogP contribution in [-0.2, 0) is 20.1 Å². The maximum Gasteiger partial charge on any atom is 0.292 e. The van der Waals surface area contributed by atoms with E-state index in [9.17, 15) is 10.1 Å². The van der Waals surface area contributed by atoms with E-state index in [2.05, 4.69) is 12.1 Å². The highest BCUT2D eigenvalue weighted by atomic mass is 16.7. The highest BCUT2D eigenvalue weighted by Gasteiger charge is 2.57. The number of rotatable bonds is 2. The number of benzene rings is 1. The fraction of sp³-hybridized carbons (Fsp3) is 0.444. The Bertz CT molecular complexity index is 715. The third-order valence-corrected chi connectivity index (χ3v) is 4.93. The fourth-order valence-corrected chi connectivity index (χ4v) is 3.71. The van der Waals surface area contributed by atoms with Gasteiger partial charge in [-0.1, -0.05) is 30.4 Å². The molecule has 1 saturated heterocycles. The number of allylic oxidation sites excluding steroid dienone is 2. The van der Waals surface area contributed by atoms with Gasteiger partial charge in [0.2, 0.25) is 0 Å². The zero-order valence-corrected chi connectivity index (χ0v) is 12.8. The van der Waals surface area contributed by atoms with Crippen LogP contribution in [-0.4, -0.2) is 25.7 Å². The molecule has 2 aliphatic heterocycles. The minimum absolute atomic E-state index is 0.208. The molecule has 5 nitrogen and oxygen atoms in total. The molecule has 3 aliphatic rings. The Morgan fingerprint density at radius 1 is 1.22 bits per heavy atom. The number of ether oxygens (including phenoxy) is 2. The van der Waals surface area contributed by atoms with E-state index in [1.807, 2.05) is 30.3 Å². The first-order chi connectivity index (χ1) is 11.2. The molecule has 0 N–H and O–H groups in total. The maximum atomic E-state index is 13.1. The lowest BCUT2D eigenvalue weighted by molar-refractivity contribution is -0.180. The van der Waals surface area contributed by atoms with Crippen LogP contribution >= 0.6 is 0 Å². The van der Waals surface area contributed by atoms with Gasteiger partial charge >= 0.3 is 0 Å². The molecule has 5 heteroatoms. The van der Waals surface area contributed by atoms with Crippen molar-refractivity contribution in [2.24, 2.45) is 5.41 Å². The van der Waals surface area contributed by atoms with Crippen LogP contribution < -0.4 is 4.90 Å². The second kappa shape index (κ2) is 5.19. The smallest absolute Gasteiger partial charge is 0.292 e. The standard InChI is InChI=1S/C18H18N2O3/c19-12-17(8-4-1-5-9-17)13-20-15-7-3-2-6-14(15)18(16(20)21)22-10-11-23-18/h1-4,6-7H,5,8-11,13H2. The fourth-order valence-electron chi connectivity index (χ4n) is 3.71. The summed E-state index contributed by atoms with van der Waals surface area (Å²) < 4.78 is 11.4. The molecule has 0 radical (unpaired) electrons. The molecule has 1 spiro atoms. The first-order valence-corrected chi connectivity index (χ1v) is 7.96. The van der Waals surface area contributed by atoms with Crippen LogP contribution in [0.2, 0.25) is 0 Å². The van der Waals surface area contributed by atoms with E-state index in [0.29, 0.717) is 26.2 Å². The molecule has 118 valence electrons. The van der Waals surface area contributed by atoms with Crippen molar-refractivity contribution in [2.75, 3.05) is 24.7 Å². The number of amides is 1. The second-order valence-electron chi connectivity index (χ2n) is 6.33. The molecule has 1 fully saturated rings. The van der Waals surface area contributed by atoms with E-state index in [1.165, 1.54) is 0 Å². The SMILES string of the molecule is N#CC1(CN2C(=O)C3(OCCO3)c3ccccc32)CC=CCC1. The minimum Gasteiger partial charge on any atom is -0.336 e. The number of fused-ring (bicyclic) bond motifs is 2. The summed E-state index contributed by atoms with van der Waals surface area (Å²) in [5.74, 6) is -1.52. The number of nitriles is 1. The molecule has 1 unspecified atom stereocenters. The van der Waals surface area contributed by atoms with Crippen LogP contribution in [0.3, 0.4) is 0 Å². The summed E-state index contributed by atoms with van der Waals surface area (Å²) >= 11 is 0. The topological polar surface area (TPSA) is 62.6 Å². The number of carbonyl (C=O) groups excluding carboxylic acids is 1. The summed E-state index contributed by atoms with van der Waals surface area (Å²) in [5, 5.41) is 9.71. The Morgan fingerprint density at radius 2 is 2.00 bits per heavy atom. The third-order valence-electron chi connectivity index (χ3n) is 4.93. The van der Waals surface area contributed by atoms with Gasteiger partial charge in [-0.3, -0.25) is 4.79 Å². The average Bonchev–Trinajstić information content (AvgIpc) is 3.18. The molecule has 0 aromatic heterocycles. The van der Waals surface area contributed by atoms with Crippen molar-refractivity contribution in [1.29, 1.82) is 5.26 Å². The van der Waals surface area contributed by atoms with Crippen molar-refractivity contribution in [3.8, 4) is 6.07 Å². The molecule has 4 rings (SSSR count). The van der Waals surface area contributed by atoms with Gasteiger partial charge in [0, 0.05) is 12.1 Å².